The quantitative estimate of drug-likeness (QED) is 0.882. The summed E-state index contributed by atoms with van der Waals surface area (Å²) >= 11 is 0. The van der Waals surface area contributed by atoms with E-state index in [-0.39, 0.29) is 19.0 Å². The number of benzene rings is 1. The van der Waals surface area contributed by atoms with Gasteiger partial charge in [-0.25, -0.2) is 4.39 Å². The Labute approximate surface area is 152 Å². The number of hydrogen-bond donors (Lipinski definition) is 2. The van der Waals surface area contributed by atoms with E-state index in [1.807, 2.05) is 23.2 Å². The summed E-state index contributed by atoms with van der Waals surface area (Å²) in [4.78, 5) is 19.5. The highest BCUT2D eigenvalue weighted by Gasteiger charge is 2.38. The number of amides is 1. The van der Waals surface area contributed by atoms with Crippen LogP contribution in [0.2, 0.25) is 0 Å². The molecule has 4 rings (SSSR count). The van der Waals surface area contributed by atoms with E-state index in [2.05, 4.69) is 23.2 Å². The molecule has 3 heterocycles. The molecule has 1 aromatic carbocycles. The van der Waals surface area contributed by atoms with Gasteiger partial charge in [0.05, 0.1) is 13.2 Å². The maximum Gasteiger partial charge on any atom is 0.237 e. The average molecular weight is 357 g/mol. The molecule has 1 unspecified atom stereocenters. The molecular weight excluding hydrogens is 333 g/mol. The van der Waals surface area contributed by atoms with Gasteiger partial charge < -0.3 is 15.0 Å². The molecule has 2 N–H and O–H groups in total. The predicted molar refractivity (Wildman–Crippen MR) is 99.5 cm³/mol. The van der Waals surface area contributed by atoms with Gasteiger partial charge in [0.25, 0.3) is 0 Å². The lowest BCUT2D eigenvalue weighted by Crippen LogP contribution is -2.42. The normalized spacial score (nSPS) is 24.2. The molecular formula is C20H24FN3O2. The monoisotopic (exact) mass is 357 g/mol. The first-order valence-corrected chi connectivity index (χ1v) is 9.13. The van der Waals surface area contributed by atoms with Crippen molar-refractivity contribution in [3.05, 3.63) is 42.1 Å². The van der Waals surface area contributed by atoms with Crippen molar-refractivity contribution in [1.29, 1.82) is 0 Å². The highest BCUT2D eigenvalue weighted by atomic mass is 19.1. The zero-order valence-corrected chi connectivity index (χ0v) is 14.7. The minimum absolute atomic E-state index is 0.0291. The fourth-order valence-corrected chi connectivity index (χ4v) is 3.95. The van der Waals surface area contributed by atoms with E-state index in [0.29, 0.717) is 26.1 Å². The minimum Gasteiger partial charge on any atom is -0.393 e. The van der Waals surface area contributed by atoms with Crippen LogP contribution in [-0.2, 0) is 4.79 Å². The lowest BCUT2D eigenvalue weighted by Gasteiger charge is -2.28. The third kappa shape index (κ3) is 3.27. The molecule has 0 spiro atoms. The van der Waals surface area contributed by atoms with E-state index in [1.165, 1.54) is 16.5 Å². The molecule has 0 bridgehead atoms. The minimum atomic E-state index is -1.55. The number of aliphatic hydroxyl groups is 1. The van der Waals surface area contributed by atoms with E-state index in [4.69, 9.17) is 5.11 Å². The van der Waals surface area contributed by atoms with Crippen molar-refractivity contribution in [2.45, 2.75) is 18.5 Å². The second kappa shape index (κ2) is 6.85. The standard InChI is InChI=1S/C20H24FN3O2/c21-20(14-25)7-10-23(13-20)12-19(26)24-8-5-15(6-9-24)17-11-22-18-4-2-1-3-16(17)18/h1-5,11,22,25H,6-10,12-14H2. The number of aliphatic hydroxyl groups excluding tert-OH is 1. The summed E-state index contributed by atoms with van der Waals surface area (Å²) in [5.74, 6) is 0.0291. The van der Waals surface area contributed by atoms with Crippen molar-refractivity contribution in [2.24, 2.45) is 0 Å². The van der Waals surface area contributed by atoms with Crippen LogP contribution in [0.25, 0.3) is 16.5 Å². The molecule has 1 amide bonds. The third-order valence-electron chi connectivity index (χ3n) is 5.52. The van der Waals surface area contributed by atoms with Gasteiger partial charge in [0.1, 0.15) is 5.67 Å². The van der Waals surface area contributed by atoms with Crippen LogP contribution in [0.5, 0.6) is 0 Å². The third-order valence-corrected chi connectivity index (χ3v) is 5.52. The van der Waals surface area contributed by atoms with Gasteiger partial charge in [-0.15, -0.1) is 0 Å². The SMILES string of the molecule is O=C(CN1CCC(F)(CO)C1)N1CC=C(c2c[nH]c3ccccc23)CC1. The van der Waals surface area contributed by atoms with Crippen LogP contribution in [0.15, 0.2) is 36.5 Å². The number of halogens is 1. The maximum atomic E-state index is 14.1. The average Bonchev–Trinajstić information content (AvgIpc) is 3.26. The zero-order valence-electron chi connectivity index (χ0n) is 14.7. The molecule has 1 fully saturated rings. The Balaban J connectivity index is 1.39. The Bertz CT molecular complexity index is 846. The van der Waals surface area contributed by atoms with Crippen molar-refractivity contribution in [3.63, 3.8) is 0 Å². The van der Waals surface area contributed by atoms with Crippen LogP contribution >= 0.6 is 0 Å². The number of aromatic nitrogens is 1. The maximum absolute atomic E-state index is 14.1. The van der Waals surface area contributed by atoms with Crippen molar-refractivity contribution in [3.8, 4) is 0 Å². The fraction of sp³-hybridized carbons (Fsp3) is 0.450. The first kappa shape index (κ1) is 17.2. The molecule has 1 aromatic heterocycles. The van der Waals surface area contributed by atoms with Gasteiger partial charge in [0, 0.05) is 48.8 Å². The molecule has 5 nitrogen and oxygen atoms in total. The Morgan fingerprint density at radius 3 is 2.88 bits per heavy atom. The molecule has 2 aliphatic rings. The van der Waals surface area contributed by atoms with E-state index in [9.17, 15) is 9.18 Å². The van der Waals surface area contributed by atoms with Gasteiger partial charge in [0.15, 0.2) is 0 Å². The summed E-state index contributed by atoms with van der Waals surface area (Å²) in [5, 5.41) is 10.3. The van der Waals surface area contributed by atoms with E-state index >= 15 is 0 Å². The lowest BCUT2D eigenvalue weighted by atomic mass is 9.99. The molecule has 0 radical (unpaired) electrons. The van der Waals surface area contributed by atoms with Crippen molar-refractivity contribution >= 4 is 22.4 Å². The molecule has 26 heavy (non-hydrogen) atoms. The zero-order chi connectivity index (χ0) is 18.1. The van der Waals surface area contributed by atoms with Gasteiger partial charge in [-0.05, 0) is 24.5 Å². The van der Waals surface area contributed by atoms with Crippen LogP contribution in [0, 0.1) is 0 Å². The van der Waals surface area contributed by atoms with E-state index < -0.39 is 12.3 Å². The smallest absolute Gasteiger partial charge is 0.237 e. The Kier molecular flexibility index (Phi) is 4.54. The topological polar surface area (TPSA) is 59.6 Å². The number of alkyl halides is 1. The number of nitrogens with zero attached hydrogens (tertiary/aromatic N) is 2. The molecule has 1 saturated heterocycles. The number of rotatable bonds is 4. The van der Waals surface area contributed by atoms with Crippen molar-refractivity contribution in [1.82, 2.24) is 14.8 Å². The largest absolute Gasteiger partial charge is 0.393 e. The summed E-state index contributed by atoms with van der Waals surface area (Å²) in [5.41, 5.74) is 2.03. The molecule has 1 atom stereocenters. The number of nitrogens with one attached hydrogen (secondary N) is 1. The number of likely N-dealkylation sites (tertiary alicyclic amines) is 1. The number of fused-ring (bicyclic) bond motifs is 1. The first-order valence-electron chi connectivity index (χ1n) is 9.13. The summed E-state index contributed by atoms with van der Waals surface area (Å²) in [6, 6.07) is 8.22. The van der Waals surface area contributed by atoms with Crippen molar-refractivity contribution < 1.29 is 14.3 Å². The number of para-hydroxylation sites is 1. The second-order valence-corrected chi connectivity index (χ2v) is 7.34. The molecule has 0 saturated carbocycles. The van der Waals surface area contributed by atoms with Crippen molar-refractivity contribution in [2.75, 3.05) is 39.3 Å². The number of hydrogen-bond acceptors (Lipinski definition) is 3. The predicted octanol–water partition coefficient (Wildman–Crippen LogP) is 2.19. The van der Waals surface area contributed by atoms with Crippen LogP contribution in [0.4, 0.5) is 4.39 Å². The van der Waals surface area contributed by atoms with Gasteiger partial charge in [0.2, 0.25) is 5.91 Å². The first-order chi connectivity index (χ1) is 12.6. The highest BCUT2D eigenvalue weighted by Crippen LogP contribution is 2.29. The summed E-state index contributed by atoms with van der Waals surface area (Å²) < 4.78 is 14.1. The van der Waals surface area contributed by atoms with Gasteiger partial charge in [-0.1, -0.05) is 24.3 Å². The van der Waals surface area contributed by atoms with Gasteiger partial charge in [-0.3, -0.25) is 9.69 Å². The molecule has 2 aliphatic heterocycles. The summed E-state index contributed by atoms with van der Waals surface area (Å²) in [6.45, 7) is 1.67. The number of H-pyrrole nitrogens is 1. The Morgan fingerprint density at radius 2 is 2.15 bits per heavy atom. The Hall–Kier alpha value is -2.18. The number of carbonyl (C=O) groups is 1. The second-order valence-electron chi connectivity index (χ2n) is 7.34. The number of aromatic amines is 1. The van der Waals surface area contributed by atoms with Crippen LogP contribution in [0.3, 0.4) is 0 Å². The Morgan fingerprint density at radius 1 is 1.31 bits per heavy atom. The van der Waals surface area contributed by atoms with Crippen LogP contribution < -0.4 is 0 Å². The van der Waals surface area contributed by atoms with Gasteiger partial charge >= 0.3 is 0 Å². The van der Waals surface area contributed by atoms with Crippen LogP contribution in [-0.4, -0.2) is 70.8 Å². The van der Waals surface area contributed by atoms with Crippen LogP contribution in [0.1, 0.15) is 18.4 Å². The molecule has 138 valence electrons. The molecule has 0 aliphatic carbocycles. The highest BCUT2D eigenvalue weighted by molar-refractivity contribution is 5.93. The fourth-order valence-electron chi connectivity index (χ4n) is 3.95. The van der Waals surface area contributed by atoms with Gasteiger partial charge in [-0.2, -0.15) is 0 Å². The molecule has 2 aromatic rings. The van der Waals surface area contributed by atoms with E-state index in [0.717, 1.165) is 11.9 Å². The number of carbonyl (C=O) groups excluding carboxylic acids is 1. The lowest BCUT2D eigenvalue weighted by molar-refractivity contribution is -0.131. The molecule has 6 heteroatoms. The summed E-state index contributed by atoms with van der Waals surface area (Å²) in [6.07, 6.45) is 5.26. The summed E-state index contributed by atoms with van der Waals surface area (Å²) in [7, 11) is 0. The van der Waals surface area contributed by atoms with E-state index in [1.54, 1.807) is 4.90 Å².